The molecular formula is C12H21NO3. The standard InChI is InChI=1S/C12H21NO3/c14-11(15)9-12(5-4-8-16-10-12)13-6-2-1-3-7-13/h1-10H2,(H,14,15). The smallest absolute Gasteiger partial charge is 0.305 e. The Morgan fingerprint density at radius 1 is 1.25 bits per heavy atom. The van der Waals surface area contributed by atoms with E-state index in [2.05, 4.69) is 4.90 Å². The fourth-order valence-corrected chi connectivity index (χ4v) is 2.99. The van der Waals surface area contributed by atoms with Gasteiger partial charge in [-0.2, -0.15) is 0 Å². The van der Waals surface area contributed by atoms with Gasteiger partial charge in [-0.1, -0.05) is 6.42 Å². The van der Waals surface area contributed by atoms with Crippen LogP contribution in [0.25, 0.3) is 0 Å². The first kappa shape index (κ1) is 11.9. The van der Waals surface area contributed by atoms with Gasteiger partial charge in [0.2, 0.25) is 0 Å². The molecule has 2 aliphatic rings. The van der Waals surface area contributed by atoms with Crippen molar-refractivity contribution < 1.29 is 14.6 Å². The molecule has 16 heavy (non-hydrogen) atoms. The molecule has 1 unspecified atom stereocenters. The molecule has 2 rings (SSSR count). The average molecular weight is 227 g/mol. The van der Waals surface area contributed by atoms with Crippen LogP contribution in [0.1, 0.15) is 38.5 Å². The highest BCUT2D eigenvalue weighted by atomic mass is 16.5. The van der Waals surface area contributed by atoms with Gasteiger partial charge in [0.05, 0.1) is 18.6 Å². The lowest BCUT2D eigenvalue weighted by Crippen LogP contribution is -2.56. The van der Waals surface area contributed by atoms with Gasteiger partial charge < -0.3 is 9.84 Å². The van der Waals surface area contributed by atoms with E-state index in [4.69, 9.17) is 9.84 Å². The molecular weight excluding hydrogens is 206 g/mol. The van der Waals surface area contributed by atoms with Gasteiger partial charge >= 0.3 is 5.97 Å². The number of carboxylic acid groups (broad SMARTS) is 1. The van der Waals surface area contributed by atoms with E-state index in [0.29, 0.717) is 6.61 Å². The third-order valence-corrected chi connectivity index (χ3v) is 3.81. The second-order valence-electron chi connectivity index (χ2n) is 5.00. The third-order valence-electron chi connectivity index (χ3n) is 3.81. The SMILES string of the molecule is O=C(O)CC1(N2CCCCC2)CCCOC1. The van der Waals surface area contributed by atoms with Gasteiger partial charge in [-0.3, -0.25) is 9.69 Å². The number of hydrogen-bond donors (Lipinski definition) is 1. The molecule has 4 heteroatoms. The molecule has 92 valence electrons. The zero-order valence-electron chi connectivity index (χ0n) is 9.78. The molecule has 0 amide bonds. The van der Waals surface area contributed by atoms with Crippen molar-refractivity contribution in [1.29, 1.82) is 0 Å². The van der Waals surface area contributed by atoms with Crippen molar-refractivity contribution in [3.63, 3.8) is 0 Å². The summed E-state index contributed by atoms with van der Waals surface area (Å²) in [4.78, 5) is 13.4. The predicted molar refractivity (Wildman–Crippen MR) is 60.5 cm³/mol. The lowest BCUT2D eigenvalue weighted by atomic mass is 9.85. The molecule has 0 aromatic carbocycles. The van der Waals surface area contributed by atoms with Crippen LogP contribution in [0, 0.1) is 0 Å². The molecule has 0 bridgehead atoms. The molecule has 2 heterocycles. The Hall–Kier alpha value is -0.610. The molecule has 0 aliphatic carbocycles. The van der Waals surface area contributed by atoms with Crippen molar-refractivity contribution in [1.82, 2.24) is 4.90 Å². The van der Waals surface area contributed by atoms with Crippen molar-refractivity contribution in [3.05, 3.63) is 0 Å². The molecule has 2 aliphatic heterocycles. The maximum Gasteiger partial charge on any atom is 0.305 e. The Balaban J connectivity index is 2.07. The van der Waals surface area contributed by atoms with Gasteiger partial charge in [0.1, 0.15) is 0 Å². The normalized spacial score (nSPS) is 32.5. The lowest BCUT2D eigenvalue weighted by molar-refractivity contribution is -0.145. The number of nitrogens with zero attached hydrogens (tertiary/aromatic N) is 1. The highest BCUT2D eigenvalue weighted by molar-refractivity contribution is 5.68. The van der Waals surface area contributed by atoms with E-state index in [1.807, 2.05) is 0 Å². The summed E-state index contributed by atoms with van der Waals surface area (Å²) < 4.78 is 5.53. The van der Waals surface area contributed by atoms with Crippen molar-refractivity contribution in [2.75, 3.05) is 26.3 Å². The van der Waals surface area contributed by atoms with Crippen LogP contribution in [0.3, 0.4) is 0 Å². The molecule has 4 nitrogen and oxygen atoms in total. The predicted octanol–water partition coefficient (Wildman–Crippen LogP) is 1.50. The number of piperidine rings is 1. The van der Waals surface area contributed by atoms with Crippen LogP contribution in [0.5, 0.6) is 0 Å². The molecule has 0 saturated carbocycles. The first-order valence-electron chi connectivity index (χ1n) is 6.28. The molecule has 0 aromatic heterocycles. The number of ether oxygens (including phenoxy) is 1. The number of hydrogen-bond acceptors (Lipinski definition) is 3. The quantitative estimate of drug-likeness (QED) is 0.793. The summed E-state index contributed by atoms with van der Waals surface area (Å²) in [5.74, 6) is -0.698. The molecule has 0 aromatic rings. The van der Waals surface area contributed by atoms with E-state index in [-0.39, 0.29) is 12.0 Å². The number of aliphatic carboxylic acids is 1. The van der Waals surface area contributed by atoms with E-state index in [1.54, 1.807) is 0 Å². The van der Waals surface area contributed by atoms with Crippen LogP contribution in [-0.2, 0) is 9.53 Å². The Bertz CT molecular complexity index is 243. The fraction of sp³-hybridized carbons (Fsp3) is 0.917. The highest BCUT2D eigenvalue weighted by Crippen LogP contribution is 2.32. The summed E-state index contributed by atoms with van der Waals surface area (Å²) in [5, 5.41) is 9.08. The zero-order valence-corrected chi connectivity index (χ0v) is 9.78. The number of rotatable bonds is 3. The van der Waals surface area contributed by atoms with E-state index < -0.39 is 5.97 Å². The summed E-state index contributed by atoms with van der Waals surface area (Å²) in [7, 11) is 0. The van der Waals surface area contributed by atoms with Gasteiger partial charge in [-0.15, -0.1) is 0 Å². The van der Waals surface area contributed by atoms with Crippen molar-refractivity contribution in [3.8, 4) is 0 Å². The Kier molecular flexibility index (Phi) is 3.82. The second kappa shape index (κ2) is 5.15. The van der Waals surface area contributed by atoms with Gasteiger partial charge in [-0.25, -0.2) is 0 Å². The maximum absolute atomic E-state index is 11.0. The molecule has 0 spiro atoms. The van der Waals surface area contributed by atoms with E-state index >= 15 is 0 Å². The van der Waals surface area contributed by atoms with Gasteiger partial charge in [0.15, 0.2) is 0 Å². The van der Waals surface area contributed by atoms with Crippen LogP contribution < -0.4 is 0 Å². The fourth-order valence-electron chi connectivity index (χ4n) is 2.99. The van der Waals surface area contributed by atoms with Crippen LogP contribution in [-0.4, -0.2) is 47.8 Å². The van der Waals surface area contributed by atoms with E-state index in [9.17, 15) is 4.79 Å². The first-order chi connectivity index (χ1) is 7.73. The minimum absolute atomic E-state index is 0.218. The second-order valence-corrected chi connectivity index (χ2v) is 5.00. The summed E-state index contributed by atoms with van der Waals surface area (Å²) >= 11 is 0. The molecule has 1 atom stereocenters. The molecule has 1 N–H and O–H groups in total. The summed E-state index contributed by atoms with van der Waals surface area (Å²) in [6.45, 7) is 3.46. The van der Waals surface area contributed by atoms with Crippen molar-refractivity contribution >= 4 is 5.97 Å². The first-order valence-corrected chi connectivity index (χ1v) is 6.28. The average Bonchev–Trinajstić information content (AvgIpc) is 2.30. The summed E-state index contributed by atoms with van der Waals surface area (Å²) in [5.41, 5.74) is -0.218. The largest absolute Gasteiger partial charge is 0.481 e. The number of carbonyl (C=O) groups is 1. The van der Waals surface area contributed by atoms with Gasteiger partial charge in [-0.05, 0) is 38.8 Å². The third kappa shape index (κ3) is 2.55. The monoisotopic (exact) mass is 227 g/mol. The Morgan fingerprint density at radius 2 is 2.00 bits per heavy atom. The molecule has 2 fully saturated rings. The summed E-state index contributed by atoms with van der Waals surface area (Å²) in [6, 6.07) is 0. The lowest BCUT2D eigenvalue weighted by Gasteiger charge is -2.47. The molecule has 2 saturated heterocycles. The Morgan fingerprint density at radius 3 is 2.56 bits per heavy atom. The van der Waals surface area contributed by atoms with E-state index in [0.717, 1.165) is 32.5 Å². The van der Waals surface area contributed by atoms with Crippen LogP contribution in [0.15, 0.2) is 0 Å². The van der Waals surface area contributed by atoms with Gasteiger partial charge in [0, 0.05) is 6.61 Å². The number of carboxylic acids is 1. The van der Waals surface area contributed by atoms with Crippen LogP contribution in [0.4, 0.5) is 0 Å². The van der Waals surface area contributed by atoms with Gasteiger partial charge in [0.25, 0.3) is 0 Å². The molecule has 0 radical (unpaired) electrons. The van der Waals surface area contributed by atoms with Crippen LogP contribution in [0.2, 0.25) is 0 Å². The number of likely N-dealkylation sites (tertiary alicyclic amines) is 1. The minimum Gasteiger partial charge on any atom is -0.481 e. The minimum atomic E-state index is -0.698. The zero-order chi connectivity index (χ0) is 11.4. The Labute approximate surface area is 96.6 Å². The summed E-state index contributed by atoms with van der Waals surface area (Å²) in [6.07, 6.45) is 5.86. The van der Waals surface area contributed by atoms with Crippen LogP contribution >= 0.6 is 0 Å². The highest BCUT2D eigenvalue weighted by Gasteiger charge is 2.40. The van der Waals surface area contributed by atoms with Crippen molar-refractivity contribution in [2.24, 2.45) is 0 Å². The van der Waals surface area contributed by atoms with Crippen molar-refractivity contribution in [2.45, 2.75) is 44.1 Å². The topological polar surface area (TPSA) is 49.8 Å². The van der Waals surface area contributed by atoms with E-state index in [1.165, 1.54) is 19.3 Å². The maximum atomic E-state index is 11.0.